The number of carbonyl (C=O) groups excluding carboxylic acids is 2. The predicted molar refractivity (Wildman–Crippen MR) is 109 cm³/mol. The number of piperidine rings is 1. The quantitative estimate of drug-likeness (QED) is 0.542. The molecule has 1 unspecified atom stereocenters. The first-order valence-electron chi connectivity index (χ1n) is 9.62. The Morgan fingerprint density at radius 2 is 1.87 bits per heavy atom. The summed E-state index contributed by atoms with van der Waals surface area (Å²) in [5, 5.41) is 13.3. The summed E-state index contributed by atoms with van der Waals surface area (Å²) in [6.45, 7) is 5.99. The summed E-state index contributed by atoms with van der Waals surface area (Å²) in [5.41, 5.74) is 2.34. The van der Waals surface area contributed by atoms with Crippen molar-refractivity contribution in [2.75, 3.05) is 19.6 Å². The average molecular weight is 509 g/mol. The van der Waals surface area contributed by atoms with Crippen LogP contribution in [0.2, 0.25) is 0 Å². The fraction of sp³-hybridized carbons (Fsp3) is 0.550. The molecule has 0 aromatic heterocycles. The monoisotopic (exact) mass is 508 g/mol. The van der Waals surface area contributed by atoms with Crippen LogP contribution in [0, 0.1) is 19.3 Å². The number of ether oxygens (including phenoxy) is 1. The second-order valence-electron chi connectivity index (χ2n) is 7.67. The number of carboxylic acid groups (broad SMARTS) is 1. The van der Waals surface area contributed by atoms with Crippen molar-refractivity contribution in [3.63, 3.8) is 0 Å². The minimum atomic E-state index is -5.08. The van der Waals surface area contributed by atoms with Crippen LogP contribution in [-0.2, 0) is 14.3 Å². The molecule has 3 N–H and O–H groups in total. The van der Waals surface area contributed by atoms with Gasteiger partial charge in [-0.1, -0.05) is 15.9 Å². The van der Waals surface area contributed by atoms with Crippen LogP contribution in [0.5, 0.6) is 0 Å². The molecule has 2 heterocycles. The third-order valence-corrected chi connectivity index (χ3v) is 5.95. The number of cyclic esters (lactones) is 1. The van der Waals surface area contributed by atoms with E-state index in [1.807, 2.05) is 26.0 Å². The molecule has 1 aromatic carbocycles. The molecular weight excluding hydrogens is 485 g/mol. The van der Waals surface area contributed by atoms with Gasteiger partial charge in [0.2, 0.25) is 0 Å². The van der Waals surface area contributed by atoms with Crippen LogP contribution in [0.3, 0.4) is 0 Å². The van der Waals surface area contributed by atoms with E-state index in [0.717, 1.165) is 41.5 Å². The number of hydrogen-bond donors (Lipinski definition) is 3. The smallest absolute Gasteiger partial charge is 0.475 e. The lowest BCUT2D eigenvalue weighted by Crippen LogP contribution is -2.39. The third-order valence-electron chi connectivity index (χ3n) is 5.50. The highest BCUT2D eigenvalue weighted by atomic mass is 79.9. The van der Waals surface area contributed by atoms with Crippen molar-refractivity contribution in [3.8, 4) is 0 Å². The Morgan fingerprint density at radius 3 is 2.42 bits per heavy atom. The number of benzene rings is 1. The van der Waals surface area contributed by atoms with Gasteiger partial charge in [0.25, 0.3) is 5.91 Å². The normalized spacial score (nSPS) is 19.9. The molecule has 1 atom stereocenters. The first-order chi connectivity index (χ1) is 14.4. The third kappa shape index (κ3) is 6.42. The van der Waals surface area contributed by atoms with E-state index in [9.17, 15) is 22.8 Å². The molecule has 7 nitrogen and oxygen atoms in total. The number of nitrogens with one attached hydrogen (secondary N) is 2. The summed E-state index contributed by atoms with van der Waals surface area (Å²) in [6, 6.07) is 3.82. The summed E-state index contributed by atoms with van der Waals surface area (Å²) < 4.78 is 38.1. The standard InChI is InChI=1S/C18H23BrN2O3.C2HF3O2/c1-11-7-13(19)8-15(12(11)2)16(22)21-10-14-9-18(17(23)24-14)3-5-20-6-4-18;3-2(4,5)1(6)7/h7-8,14,20H,3-6,9-10H2,1-2H3,(H,21,22);(H,6,7). The van der Waals surface area contributed by atoms with Crippen molar-refractivity contribution in [3.05, 3.63) is 33.3 Å². The molecule has 2 saturated heterocycles. The molecule has 2 aliphatic rings. The van der Waals surface area contributed by atoms with Crippen molar-refractivity contribution in [1.29, 1.82) is 0 Å². The van der Waals surface area contributed by atoms with Gasteiger partial charge < -0.3 is 20.5 Å². The molecule has 0 radical (unpaired) electrons. The molecule has 1 amide bonds. The fourth-order valence-electron chi connectivity index (χ4n) is 3.62. The van der Waals surface area contributed by atoms with Gasteiger partial charge in [-0.15, -0.1) is 0 Å². The van der Waals surface area contributed by atoms with E-state index in [1.165, 1.54) is 0 Å². The molecule has 11 heteroatoms. The highest BCUT2D eigenvalue weighted by Crippen LogP contribution is 2.41. The van der Waals surface area contributed by atoms with E-state index in [1.54, 1.807) is 0 Å². The molecule has 0 aliphatic carbocycles. The average Bonchev–Trinajstić information content (AvgIpc) is 2.98. The molecule has 1 spiro atoms. The number of hydrogen-bond acceptors (Lipinski definition) is 5. The second-order valence-corrected chi connectivity index (χ2v) is 8.59. The second kappa shape index (κ2) is 9.99. The van der Waals surface area contributed by atoms with E-state index in [4.69, 9.17) is 14.6 Å². The van der Waals surface area contributed by atoms with E-state index < -0.39 is 12.1 Å². The molecule has 1 aromatic rings. The molecule has 0 bridgehead atoms. The van der Waals surface area contributed by atoms with Gasteiger partial charge in [-0.25, -0.2) is 4.79 Å². The zero-order valence-electron chi connectivity index (χ0n) is 17.1. The van der Waals surface area contributed by atoms with Crippen LogP contribution in [0.25, 0.3) is 0 Å². The summed E-state index contributed by atoms with van der Waals surface area (Å²) in [5.74, 6) is -2.98. The number of alkyl halides is 3. The van der Waals surface area contributed by atoms with E-state index in [2.05, 4.69) is 26.6 Å². The lowest BCUT2D eigenvalue weighted by atomic mass is 9.76. The summed E-state index contributed by atoms with van der Waals surface area (Å²) in [4.78, 5) is 33.6. The first kappa shape index (κ1) is 25.1. The highest BCUT2D eigenvalue weighted by molar-refractivity contribution is 9.10. The van der Waals surface area contributed by atoms with Gasteiger partial charge in [0.15, 0.2) is 0 Å². The van der Waals surface area contributed by atoms with Crippen LogP contribution < -0.4 is 10.6 Å². The minimum absolute atomic E-state index is 0.0993. The summed E-state index contributed by atoms with van der Waals surface area (Å²) >= 11 is 3.43. The Bertz CT molecular complexity index is 854. The molecule has 3 rings (SSSR count). The van der Waals surface area contributed by atoms with E-state index >= 15 is 0 Å². The number of rotatable bonds is 3. The number of halogens is 4. The Balaban J connectivity index is 0.000000423. The Morgan fingerprint density at radius 1 is 1.29 bits per heavy atom. The maximum absolute atomic E-state index is 12.5. The van der Waals surface area contributed by atoms with Crippen molar-refractivity contribution in [2.24, 2.45) is 5.41 Å². The van der Waals surface area contributed by atoms with Crippen molar-refractivity contribution in [2.45, 2.75) is 45.4 Å². The Hall–Kier alpha value is -2.14. The zero-order valence-corrected chi connectivity index (χ0v) is 18.7. The van der Waals surface area contributed by atoms with E-state index in [0.29, 0.717) is 18.5 Å². The summed E-state index contributed by atoms with van der Waals surface area (Å²) in [6.07, 6.45) is -2.97. The van der Waals surface area contributed by atoms with Crippen LogP contribution in [0.1, 0.15) is 40.7 Å². The van der Waals surface area contributed by atoms with E-state index in [-0.39, 0.29) is 23.4 Å². The molecular formula is C20H24BrF3N2O5. The number of carboxylic acids is 1. The highest BCUT2D eigenvalue weighted by Gasteiger charge is 2.49. The Kier molecular flexibility index (Phi) is 8.09. The van der Waals surface area contributed by atoms with Crippen molar-refractivity contribution in [1.82, 2.24) is 10.6 Å². The topological polar surface area (TPSA) is 105 Å². The number of amides is 1. The van der Waals surface area contributed by atoms with Crippen LogP contribution in [0.15, 0.2) is 16.6 Å². The number of esters is 1. The van der Waals surface area contributed by atoms with Crippen LogP contribution >= 0.6 is 15.9 Å². The molecule has 2 aliphatic heterocycles. The lowest BCUT2D eigenvalue weighted by Gasteiger charge is -2.29. The first-order valence-corrected chi connectivity index (χ1v) is 10.4. The van der Waals surface area contributed by atoms with Gasteiger partial charge >= 0.3 is 18.1 Å². The molecule has 2 fully saturated rings. The largest absolute Gasteiger partial charge is 0.490 e. The van der Waals surface area contributed by atoms with Gasteiger partial charge in [-0.2, -0.15) is 13.2 Å². The predicted octanol–water partition coefficient (Wildman–Crippen LogP) is 3.11. The fourth-order valence-corrected chi connectivity index (χ4v) is 4.19. The minimum Gasteiger partial charge on any atom is -0.475 e. The molecule has 0 saturated carbocycles. The summed E-state index contributed by atoms with van der Waals surface area (Å²) in [7, 11) is 0. The number of carbonyl (C=O) groups is 3. The molecule has 172 valence electrons. The maximum atomic E-state index is 12.5. The number of aliphatic carboxylic acids is 1. The lowest BCUT2D eigenvalue weighted by molar-refractivity contribution is -0.192. The zero-order chi connectivity index (χ0) is 23.4. The molecule has 31 heavy (non-hydrogen) atoms. The SMILES string of the molecule is Cc1cc(Br)cc(C(=O)NCC2CC3(CCNCC3)C(=O)O2)c1C.O=C(O)C(F)(F)F. The van der Waals surface area contributed by atoms with Gasteiger partial charge in [-0.05, 0) is 63.0 Å². The van der Waals surface area contributed by atoms with Crippen molar-refractivity contribution >= 4 is 33.8 Å². The van der Waals surface area contributed by atoms with Crippen molar-refractivity contribution < 1.29 is 37.4 Å². The number of aryl methyl sites for hydroxylation is 1. The van der Waals surface area contributed by atoms with Gasteiger partial charge in [0.05, 0.1) is 12.0 Å². The van der Waals surface area contributed by atoms with Gasteiger partial charge in [-0.3, -0.25) is 9.59 Å². The van der Waals surface area contributed by atoms with Gasteiger partial charge in [0.1, 0.15) is 6.10 Å². The van der Waals surface area contributed by atoms with Gasteiger partial charge in [0, 0.05) is 16.5 Å². The van der Waals surface area contributed by atoms with Crippen LogP contribution in [0.4, 0.5) is 13.2 Å². The maximum Gasteiger partial charge on any atom is 0.490 e. The van der Waals surface area contributed by atoms with Crippen LogP contribution in [-0.4, -0.2) is 54.9 Å². The Labute approximate surface area is 185 Å².